The minimum atomic E-state index is -0.950. The maximum absolute atomic E-state index is 12.7. The van der Waals surface area contributed by atoms with E-state index in [4.69, 9.17) is 5.11 Å². The van der Waals surface area contributed by atoms with E-state index in [1.165, 1.54) is 0 Å². The van der Waals surface area contributed by atoms with E-state index in [0.29, 0.717) is 12.5 Å². The Labute approximate surface area is 117 Å². The van der Waals surface area contributed by atoms with Crippen LogP contribution in [0.3, 0.4) is 0 Å². The molecule has 2 aliphatic heterocycles. The fraction of sp³-hybridized carbons (Fsp3) is 0.467. The minimum Gasteiger partial charge on any atom is -0.478 e. The summed E-state index contributed by atoms with van der Waals surface area (Å²) in [5.74, 6) is -0.468. The first-order valence-electron chi connectivity index (χ1n) is 6.88. The number of fused-ring (bicyclic) bond motifs is 1. The lowest BCUT2D eigenvalue weighted by molar-refractivity contribution is -0.127. The van der Waals surface area contributed by atoms with Crippen molar-refractivity contribution < 1.29 is 14.7 Å². The minimum absolute atomic E-state index is 0.159. The number of piperidine rings is 1. The number of carboxylic acid groups (broad SMARTS) is 1. The number of benzene rings is 1. The van der Waals surface area contributed by atoms with Crippen LogP contribution >= 0.6 is 0 Å². The molecule has 2 aliphatic rings. The van der Waals surface area contributed by atoms with Crippen molar-refractivity contribution in [3.05, 3.63) is 29.8 Å². The first-order chi connectivity index (χ1) is 9.52. The van der Waals surface area contributed by atoms with Gasteiger partial charge in [0.25, 0.3) is 0 Å². The molecule has 5 heteroatoms. The van der Waals surface area contributed by atoms with Gasteiger partial charge in [0.2, 0.25) is 5.91 Å². The summed E-state index contributed by atoms with van der Waals surface area (Å²) >= 11 is 0. The van der Waals surface area contributed by atoms with E-state index in [9.17, 15) is 9.59 Å². The first-order valence-corrected chi connectivity index (χ1v) is 6.88. The van der Waals surface area contributed by atoms with E-state index in [0.717, 1.165) is 25.2 Å². The Kier molecular flexibility index (Phi) is 3.01. The van der Waals surface area contributed by atoms with Crippen molar-refractivity contribution in [2.45, 2.75) is 13.3 Å². The third kappa shape index (κ3) is 1.89. The highest BCUT2D eigenvalue weighted by Gasteiger charge is 2.51. The zero-order chi connectivity index (χ0) is 14.3. The molecule has 0 spiro atoms. The molecule has 1 aromatic rings. The maximum atomic E-state index is 12.7. The molecule has 0 saturated carbocycles. The van der Waals surface area contributed by atoms with Gasteiger partial charge in [-0.2, -0.15) is 0 Å². The highest BCUT2D eigenvalue weighted by Crippen LogP contribution is 2.43. The van der Waals surface area contributed by atoms with Crippen LogP contribution in [-0.2, 0) is 4.79 Å². The summed E-state index contributed by atoms with van der Waals surface area (Å²) in [5.41, 5.74) is 0.748. The molecule has 0 aliphatic carbocycles. The van der Waals surface area contributed by atoms with Crippen molar-refractivity contribution in [1.82, 2.24) is 5.32 Å². The van der Waals surface area contributed by atoms with E-state index in [1.54, 1.807) is 29.2 Å². The van der Waals surface area contributed by atoms with Crippen LogP contribution in [0.15, 0.2) is 24.3 Å². The molecular weight excluding hydrogens is 256 g/mol. The lowest BCUT2D eigenvalue weighted by atomic mass is 9.74. The molecule has 2 atom stereocenters. The van der Waals surface area contributed by atoms with Crippen molar-refractivity contribution in [2.24, 2.45) is 11.3 Å². The molecule has 2 saturated heterocycles. The number of nitrogens with one attached hydrogen (secondary N) is 1. The normalized spacial score (nSPS) is 29.4. The molecule has 2 N–H and O–H groups in total. The van der Waals surface area contributed by atoms with Gasteiger partial charge in [0.1, 0.15) is 0 Å². The molecule has 1 amide bonds. The van der Waals surface area contributed by atoms with Gasteiger partial charge >= 0.3 is 5.97 Å². The van der Waals surface area contributed by atoms with Gasteiger partial charge in [0.15, 0.2) is 0 Å². The second kappa shape index (κ2) is 4.59. The van der Waals surface area contributed by atoms with E-state index < -0.39 is 5.97 Å². The van der Waals surface area contributed by atoms with E-state index in [-0.39, 0.29) is 16.9 Å². The number of carbonyl (C=O) groups is 2. The number of carbonyl (C=O) groups excluding carboxylic acids is 1. The predicted molar refractivity (Wildman–Crippen MR) is 74.8 cm³/mol. The van der Waals surface area contributed by atoms with Crippen LogP contribution in [-0.4, -0.2) is 36.6 Å². The van der Waals surface area contributed by atoms with Gasteiger partial charge in [-0.05, 0) is 37.2 Å². The van der Waals surface area contributed by atoms with Gasteiger partial charge < -0.3 is 15.3 Å². The Balaban J connectivity index is 1.88. The average molecular weight is 274 g/mol. The fourth-order valence-electron chi connectivity index (χ4n) is 3.22. The molecule has 20 heavy (non-hydrogen) atoms. The Morgan fingerprint density at radius 2 is 2.10 bits per heavy atom. The number of hydrogen-bond donors (Lipinski definition) is 2. The van der Waals surface area contributed by atoms with Crippen molar-refractivity contribution in [3.63, 3.8) is 0 Å². The largest absolute Gasteiger partial charge is 0.478 e. The molecule has 0 radical (unpaired) electrons. The summed E-state index contributed by atoms with van der Waals surface area (Å²) < 4.78 is 0. The third-order valence-electron chi connectivity index (χ3n) is 4.68. The smallest absolute Gasteiger partial charge is 0.335 e. The second-order valence-corrected chi connectivity index (χ2v) is 5.84. The lowest BCUT2D eigenvalue weighted by Gasteiger charge is -2.33. The molecule has 1 aromatic carbocycles. The number of carboxylic acids is 1. The van der Waals surface area contributed by atoms with Crippen LogP contribution in [0.2, 0.25) is 0 Å². The molecule has 106 valence electrons. The zero-order valence-corrected chi connectivity index (χ0v) is 11.4. The molecule has 5 nitrogen and oxygen atoms in total. The van der Waals surface area contributed by atoms with Gasteiger partial charge in [0.05, 0.1) is 11.0 Å². The maximum Gasteiger partial charge on any atom is 0.335 e. The SMILES string of the molecule is C[C@]12CCNC[C@H]1CN(c1ccc(C(=O)O)cc1)C2=O. The van der Waals surface area contributed by atoms with Crippen LogP contribution in [0, 0.1) is 11.3 Å². The topological polar surface area (TPSA) is 69.6 Å². The second-order valence-electron chi connectivity index (χ2n) is 5.84. The molecule has 0 aromatic heterocycles. The number of amides is 1. The Bertz CT molecular complexity index is 555. The number of anilines is 1. The van der Waals surface area contributed by atoms with Crippen molar-refractivity contribution in [3.8, 4) is 0 Å². The summed E-state index contributed by atoms with van der Waals surface area (Å²) in [6, 6.07) is 6.53. The van der Waals surface area contributed by atoms with Crippen LogP contribution in [0.4, 0.5) is 5.69 Å². The van der Waals surface area contributed by atoms with Gasteiger partial charge in [0, 0.05) is 24.7 Å². The number of rotatable bonds is 2. The molecule has 2 heterocycles. The van der Waals surface area contributed by atoms with Crippen LogP contribution in [0.1, 0.15) is 23.7 Å². The molecule has 2 fully saturated rings. The third-order valence-corrected chi connectivity index (χ3v) is 4.68. The lowest BCUT2D eigenvalue weighted by Crippen LogP contribution is -2.44. The van der Waals surface area contributed by atoms with E-state index >= 15 is 0 Å². The molecule has 3 rings (SSSR count). The van der Waals surface area contributed by atoms with Gasteiger partial charge in [-0.3, -0.25) is 4.79 Å². The number of aromatic carboxylic acids is 1. The summed E-state index contributed by atoms with van der Waals surface area (Å²) in [4.78, 5) is 25.3. The zero-order valence-electron chi connectivity index (χ0n) is 11.4. The van der Waals surface area contributed by atoms with E-state index in [2.05, 4.69) is 5.32 Å². The summed E-state index contributed by atoms with van der Waals surface area (Å²) in [5, 5.41) is 12.3. The Hall–Kier alpha value is -1.88. The van der Waals surface area contributed by atoms with Gasteiger partial charge in [-0.1, -0.05) is 6.92 Å². The predicted octanol–water partition coefficient (Wildman–Crippen LogP) is 1.35. The highest BCUT2D eigenvalue weighted by molar-refractivity contribution is 6.00. The van der Waals surface area contributed by atoms with Crippen molar-refractivity contribution in [2.75, 3.05) is 24.5 Å². The standard InChI is InChI=1S/C15H18N2O3/c1-15-6-7-16-8-11(15)9-17(14(15)20)12-4-2-10(3-5-12)13(18)19/h2-5,11,16H,6-9H2,1H3,(H,18,19)/t11-,15-/m0/s1. The highest BCUT2D eigenvalue weighted by atomic mass is 16.4. The summed E-state index contributed by atoms with van der Waals surface area (Å²) in [6.07, 6.45) is 0.861. The fourth-order valence-corrected chi connectivity index (χ4v) is 3.22. The summed E-state index contributed by atoms with van der Waals surface area (Å²) in [7, 11) is 0. The van der Waals surface area contributed by atoms with Gasteiger partial charge in [-0.25, -0.2) is 4.79 Å². The Morgan fingerprint density at radius 1 is 1.40 bits per heavy atom. The van der Waals surface area contributed by atoms with Crippen molar-refractivity contribution in [1.29, 1.82) is 0 Å². The molecule has 0 unspecified atom stereocenters. The summed E-state index contributed by atoms with van der Waals surface area (Å²) in [6.45, 7) is 4.50. The van der Waals surface area contributed by atoms with Crippen LogP contribution in [0.25, 0.3) is 0 Å². The van der Waals surface area contributed by atoms with Crippen LogP contribution in [0.5, 0.6) is 0 Å². The van der Waals surface area contributed by atoms with Crippen molar-refractivity contribution >= 4 is 17.6 Å². The van der Waals surface area contributed by atoms with Crippen LogP contribution < -0.4 is 10.2 Å². The van der Waals surface area contributed by atoms with Gasteiger partial charge in [-0.15, -0.1) is 0 Å². The first kappa shape index (κ1) is 13.1. The quantitative estimate of drug-likeness (QED) is 0.854. The van der Waals surface area contributed by atoms with E-state index in [1.807, 2.05) is 6.92 Å². The number of hydrogen-bond acceptors (Lipinski definition) is 3. The molecule has 0 bridgehead atoms. The monoisotopic (exact) mass is 274 g/mol. The number of nitrogens with zero attached hydrogens (tertiary/aromatic N) is 1. The Morgan fingerprint density at radius 3 is 2.70 bits per heavy atom. The average Bonchev–Trinajstić information content (AvgIpc) is 2.72. The molecular formula is C15H18N2O3.